The maximum atomic E-state index is 12.8. The van der Waals surface area contributed by atoms with Gasteiger partial charge < -0.3 is 19.1 Å². The maximum Gasteiger partial charge on any atom is 0.315 e. The van der Waals surface area contributed by atoms with Crippen LogP contribution in [-0.2, 0) is 19.0 Å². The monoisotopic (exact) mass is 364 g/mol. The lowest BCUT2D eigenvalue weighted by atomic mass is 9.53. The molecule has 3 saturated heterocycles. The van der Waals surface area contributed by atoms with Crippen molar-refractivity contribution in [3.63, 3.8) is 0 Å². The normalized spacial score (nSPS) is 52.6. The highest BCUT2D eigenvalue weighted by molar-refractivity contribution is 5.75. The zero-order valence-electron chi connectivity index (χ0n) is 16.3. The molecule has 5 nitrogen and oxygen atoms in total. The standard InChI is InChI=1S/C21H33NO4/c1-20-6-4-7-21(13-25-21)18(20)9-15-16(19(23)26-17(15)10-20)11-22-8-3-5-14(22)12-24-2/h14-18H,3-13H2,1-2H3/p+1/t14-,15-,16-,17-,18-,20-,21+/m1/s1. The minimum absolute atomic E-state index is 0.0728. The van der Waals surface area contributed by atoms with Gasteiger partial charge in [0.15, 0.2) is 0 Å². The number of hydrogen-bond donors (Lipinski definition) is 1. The Morgan fingerprint density at radius 2 is 2.15 bits per heavy atom. The minimum atomic E-state index is 0.0728. The number of methoxy groups -OCH3 is 1. The maximum absolute atomic E-state index is 12.8. The molecule has 146 valence electrons. The lowest BCUT2D eigenvalue weighted by Crippen LogP contribution is -3.15. The molecule has 0 bridgehead atoms. The number of carbonyl (C=O) groups excluding carboxylic acids is 1. The zero-order chi connectivity index (χ0) is 17.9. The molecule has 5 rings (SSSR count). The Morgan fingerprint density at radius 1 is 1.31 bits per heavy atom. The Bertz CT molecular complexity index is 576. The van der Waals surface area contributed by atoms with Gasteiger partial charge in [-0.2, -0.15) is 0 Å². The van der Waals surface area contributed by atoms with E-state index in [1.54, 1.807) is 12.0 Å². The zero-order valence-corrected chi connectivity index (χ0v) is 16.3. The highest BCUT2D eigenvalue weighted by Crippen LogP contribution is 2.62. The second kappa shape index (κ2) is 6.18. The Hall–Kier alpha value is -0.650. The van der Waals surface area contributed by atoms with Crippen LogP contribution in [0.1, 0.15) is 51.9 Å². The number of nitrogens with one attached hydrogen (secondary N) is 1. The average molecular weight is 365 g/mol. The molecule has 1 spiro atoms. The lowest BCUT2D eigenvalue weighted by Gasteiger charge is -2.51. The number of epoxide rings is 1. The van der Waals surface area contributed by atoms with E-state index in [-0.39, 0.29) is 23.6 Å². The van der Waals surface area contributed by atoms with E-state index < -0.39 is 0 Å². The Kier molecular flexibility index (Phi) is 4.15. The second-order valence-corrected chi connectivity index (χ2v) is 10.0. The van der Waals surface area contributed by atoms with Gasteiger partial charge in [-0.05, 0) is 43.4 Å². The smallest absolute Gasteiger partial charge is 0.315 e. The number of quaternary nitrogens is 1. The van der Waals surface area contributed by atoms with Gasteiger partial charge in [-0.3, -0.25) is 4.79 Å². The molecule has 5 aliphatic rings. The van der Waals surface area contributed by atoms with E-state index in [2.05, 4.69) is 6.92 Å². The van der Waals surface area contributed by atoms with E-state index >= 15 is 0 Å². The van der Waals surface area contributed by atoms with E-state index in [0.717, 1.165) is 32.6 Å². The molecule has 8 atom stereocenters. The van der Waals surface area contributed by atoms with Crippen molar-refractivity contribution in [2.45, 2.75) is 69.6 Å². The van der Waals surface area contributed by atoms with Crippen LogP contribution in [0.25, 0.3) is 0 Å². The van der Waals surface area contributed by atoms with Gasteiger partial charge in [0, 0.05) is 25.9 Å². The van der Waals surface area contributed by atoms with Gasteiger partial charge in [0.05, 0.1) is 31.9 Å². The van der Waals surface area contributed by atoms with Crippen LogP contribution in [0.2, 0.25) is 0 Å². The SMILES string of the molecule is COC[C@H]1CCC[NH+]1C[C@H]1C(=O)O[C@@H]2C[C@@]3(C)CCC[C@]4(CO4)[C@@H]3C[C@@H]21. The van der Waals surface area contributed by atoms with Gasteiger partial charge >= 0.3 is 5.97 Å². The largest absolute Gasteiger partial charge is 0.462 e. The number of carbonyl (C=O) groups is 1. The molecule has 2 aliphatic carbocycles. The Morgan fingerprint density at radius 3 is 2.92 bits per heavy atom. The Balaban J connectivity index is 1.34. The third-order valence-electron chi connectivity index (χ3n) is 8.56. The van der Waals surface area contributed by atoms with Crippen molar-refractivity contribution in [2.75, 3.05) is 33.4 Å². The number of esters is 1. The first-order valence-electron chi connectivity index (χ1n) is 10.7. The molecule has 5 fully saturated rings. The summed E-state index contributed by atoms with van der Waals surface area (Å²) in [6.07, 6.45) is 8.53. The van der Waals surface area contributed by atoms with E-state index in [0.29, 0.717) is 23.3 Å². The van der Waals surface area contributed by atoms with Crippen LogP contribution in [0.15, 0.2) is 0 Å². The number of likely N-dealkylation sites (tertiary alicyclic amines) is 1. The molecule has 1 unspecified atom stereocenters. The quantitative estimate of drug-likeness (QED) is 0.602. The molecule has 0 aromatic rings. The van der Waals surface area contributed by atoms with E-state index in [1.165, 1.54) is 38.6 Å². The predicted molar refractivity (Wildman–Crippen MR) is 95.8 cm³/mol. The van der Waals surface area contributed by atoms with Crippen LogP contribution in [0, 0.1) is 23.2 Å². The first-order chi connectivity index (χ1) is 12.5. The van der Waals surface area contributed by atoms with Crippen LogP contribution in [0.3, 0.4) is 0 Å². The topological polar surface area (TPSA) is 52.5 Å². The summed E-state index contributed by atoms with van der Waals surface area (Å²) in [5.74, 6) is 1.17. The summed E-state index contributed by atoms with van der Waals surface area (Å²) in [7, 11) is 1.79. The van der Waals surface area contributed by atoms with Crippen molar-refractivity contribution >= 4 is 5.97 Å². The van der Waals surface area contributed by atoms with Crippen molar-refractivity contribution in [3.05, 3.63) is 0 Å². The highest BCUT2D eigenvalue weighted by Gasteiger charge is 2.65. The summed E-state index contributed by atoms with van der Waals surface area (Å²) >= 11 is 0. The fourth-order valence-electron chi connectivity index (χ4n) is 7.13. The third kappa shape index (κ3) is 2.65. The molecule has 26 heavy (non-hydrogen) atoms. The number of ether oxygens (including phenoxy) is 3. The molecule has 0 radical (unpaired) electrons. The average Bonchev–Trinajstić information content (AvgIpc) is 3.12. The third-order valence-corrected chi connectivity index (χ3v) is 8.56. The van der Waals surface area contributed by atoms with Gasteiger partial charge in [-0.15, -0.1) is 0 Å². The fourth-order valence-corrected chi connectivity index (χ4v) is 7.13. The van der Waals surface area contributed by atoms with Crippen molar-refractivity contribution < 1.29 is 23.9 Å². The van der Waals surface area contributed by atoms with Crippen molar-refractivity contribution in [2.24, 2.45) is 23.2 Å². The Labute approximate surface area is 156 Å². The van der Waals surface area contributed by atoms with Crippen molar-refractivity contribution in [1.82, 2.24) is 0 Å². The number of fused-ring (bicyclic) bond motifs is 3. The lowest BCUT2D eigenvalue weighted by molar-refractivity contribution is -0.915. The summed E-state index contributed by atoms with van der Waals surface area (Å²) in [6, 6.07) is 0.550. The van der Waals surface area contributed by atoms with Crippen LogP contribution in [-0.4, -0.2) is 57.1 Å². The van der Waals surface area contributed by atoms with E-state index in [9.17, 15) is 4.79 Å². The molecule has 1 N–H and O–H groups in total. The summed E-state index contributed by atoms with van der Waals surface area (Å²) in [4.78, 5) is 14.3. The van der Waals surface area contributed by atoms with Gasteiger partial charge in [0.25, 0.3) is 0 Å². The molecular formula is C21H34NO4+. The van der Waals surface area contributed by atoms with Crippen LogP contribution in [0.5, 0.6) is 0 Å². The van der Waals surface area contributed by atoms with Gasteiger partial charge in [0.1, 0.15) is 18.1 Å². The molecule has 3 aliphatic heterocycles. The first-order valence-corrected chi connectivity index (χ1v) is 10.7. The first kappa shape index (κ1) is 17.4. The summed E-state index contributed by atoms with van der Waals surface area (Å²) in [5.41, 5.74) is 0.442. The molecule has 3 heterocycles. The van der Waals surface area contributed by atoms with E-state index in [4.69, 9.17) is 14.2 Å². The number of hydrogen-bond acceptors (Lipinski definition) is 4. The second-order valence-electron chi connectivity index (χ2n) is 10.0. The summed E-state index contributed by atoms with van der Waals surface area (Å²) in [5, 5.41) is 0. The summed E-state index contributed by atoms with van der Waals surface area (Å²) < 4.78 is 17.4. The van der Waals surface area contributed by atoms with E-state index in [1.807, 2.05) is 0 Å². The predicted octanol–water partition coefficient (Wildman–Crippen LogP) is 1.21. The molecule has 0 aromatic carbocycles. The minimum Gasteiger partial charge on any atom is -0.462 e. The van der Waals surface area contributed by atoms with Gasteiger partial charge in [-0.25, -0.2) is 0 Å². The van der Waals surface area contributed by atoms with Crippen molar-refractivity contribution in [1.29, 1.82) is 0 Å². The van der Waals surface area contributed by atoms with Gasteiger partial charge in [-0.1, -0.05) is 6.92 Å². The molecule has 0 aromatic heterocycles. The molecule has 0 amide bonds. The summed E-state index contributed by atoms with van der Waals surface area (Å²) in [6.45, 7) is 6.28. The number of rotatable bonds is 4. The van der Waals surface area contributed by atoms with Crippen LogP contribution < -0.4 is 4.90 Å². The van der Waals surface area contributed by atoms with Crippen molar-refractivity contribution in [3.8, 4) is 0 Å². The van der Waals surface area contributed by atoms with Crippen LogP contribution in [0.4, 0.5) is 0 Å². The molecular weight excluding hydrogens is 330 g/mol. The van der Waals surface area contributed by atoms with Gasteiger partial charge in [0.2, 0.25) is 0 Å². The molecule has 2 saturated carbocycles. The van der Waals surface area contributed by atoms with Crippen LogP contribution >= 0.6 is 0 Å². The fraction of sp³-hybridized carbons (Fsp3) is 0.952. The highest BCUT2D eigenvalue weighted by atomic mass is 16.6. The molecule has 5 heteroatoms.